The highest BCUT2D eigenvalue weighted by Crippen LogP contribution is 2.31. The molecule has 1 saturated carbocycles. The average molecular weight is 261 g/mol. The average Bonchev–Trinajstić information content (AvgIpc) is 2.42. The van der Waals surface area contributed by atoms with E-state index >= 15 is 0 Å². The normalized spacial score (nSPS) is 25.5. The number of rotatable bonds is 4. The molecule has 19 heavy (non-hydrogen) atoms. The third-order valence-corrected chi connectivity index (χ3v) is 4.62. The molecule has 2 N–H and O–H groups in total. The third kappa shape index (κ3) is 3.34. The maximum atomic E-state index is 6.03. The summed E-state index contributed by atoms with van der Waals surface area (Å²) < 4.78 is 0. The standard InChI is InChI=1S/C16H27N3/c1-12-6-4-5-7-15(12)19(3)16(10-17)14-9-8-13(2)18-11-14/h8-9,11-12,15-16H,4-7,10,17H2,1-3H3. The summed E-state index contributed by atoms with van der Waals surface area (Å²) in [6, 6.07) is 5.20. The fraction of sp³-hybridized carbons (Fsp3) is 0.688. The highest BCUT2D eigenvalue weighted by molar-refractivity contribution is 5.18. The number of aryl methyl sites for hydroxylation is 1. The second-order valence-corrected chi connectivity index (χ2v) is 5.98. The fourth-order valence-electron chi connectivity index (χ4n) is 3.35. The molecule has 0 amide bonds. The van der Waals surface area contributed by atoms with Crippen LogP contribution in [0.3, 0.4) is 0 Å². The molecule has 1 aromatic rings. The van der Waals surface area contributed by atoms with E-state index in [1.807, 2.05) is 13.1 Å². The Morgan fingerprint density at radius 3 is 2.68 bits per heavy atom. The first-order valence-corrected chi connectivity index (χ1v) is 7.48. The lowest BCUT2D eigenvalue weighted by atomic mass is 9.84. The molecule has 1 aliphatic rings. The number of hydrogen-bond acceptors (Lipinski definition) is 3. The first-order chi connectivity index (χ1) is 9.13. The molecule has 0 aromatic carbocycles. The van der Waals surface area contributed by atoms with E-state index in [1.54, 1.807) is 0 Å². The predicted molar refractivity (Wildman–Crippen MR) is 80.0 cm³/mol. The molecule has 0 saturated heterocycles. The summed E-state index contributed by atoms with van der Waals surface area (Å²) in [6.45, 7) is 5.06. The van der Waals surface area contributed by atoms with Crippen LogP contribution in [0.4, 0.5) is 0 Å². The Labute approximate surface area is 117 Å². The lowest BCUT2D eigenvalue weighted by Crippen LogP contribution is -2.43. The van der Waals surface area contributed by atoms with Crippen molar-refractivity contribution in [2.75, 3.05) is 13.6 Å². The van der Waals surface area contributed by atoms with Gasteiger partial charge in [-0.1, -0.05) is 25.8 Å². The summed E-state index contributed by atoms with van der Waals surface area (Å²) in [4.78, 5) is 6.89. The molecule has 3 atom stereocenters. The summed E-state index contributed by atoms with van der Waals surface area (Å²) in [5.41, 5.74) is 8.33. The Morgan fingerprint density at radius 1 is 1.37 bits per heavy atom. The van der Waals surface area contributed by atoms with Crippen LogP contribution in [0.2, 0.25) is 0 Å². The Bertz CT molecular complexity index is 387. The summed E-state index contributed by atoms with van der Waals surface area (Å²) in [5, 5.41) is 0. The summed E-state index contributed by atoms with van der Waals surface area (Å²) in [6.07, 6.45) is 7.36. The lowest BCUT2D eigenvalue weighted by Gasteiger charge is -2.40. The number of pyridine rings is 1. The van der Waals surface area contributed by atoms with E-state index < -0.39 is 0 Å². The molecule has 3 nitrogen and oxygen atoms in total. The molecular weight excluding hydrogens is 234 g/mol. The van der Waals surface area contributed by atoms with Crippen molar-refractivity contribution in [3.63, 3.8) is 0 Å². The number of likely N-dealkylation sites (N-methyl/N-ethyl adjacent to an activating group) is 1. The van der Waals surface area contributed by atoms with Crippen LogP contribution in [0.15, 0.2) is 18.3 Å². The minimum atomic E-state index is 0.290. The predicted octanol–water partition coefficient (Wildman–Crippen LogP) is 2.90. The molecule has 106 valence electrons. The minimum Gasteiger partial charge on any atom is -0.329 e. The van der Waals surface area contributed by atoms with Gasteiger partial charge in [-0.15, -0.1) is 0 Å². The molecule has 0 aliphatic heterocycles. The van der Waals surface area contributed by atoms with Gasteiger partial charge in [0.15, 0.2) is 0 Å². The molecule has 0 radical (unpaired) electrons. The zero-order valence-electron chi connectivity index (χ0n) is 12.5. The molecule has 2 rings (SSSR count). The third-order valence-electron chi connectivity index (χ3n) is 4.62. The van der Waals surface area contributed by atoms with Gasteiger partial charge in [0.25, 0.3) is 0 Å². The Balaban J connectivity index is 2.13. The minimum absolute atomic E-state index is 0.290. The van der Waals surface area contributed by atoms with E-state index in [0.717, 1.165) is 11.6 Å². The van der Waals surface area contributed by atoms with Gasteiger partial charge >= 0.3 is 0 Å². The molecule has 1 aliphatic carbocycles. The van der Waals surface area contributed by atoms with Crippen LogP contribution >= 0.6 is 0 Å². The van der Waals surface area contributed by atoms with Gasteiger partial charge in [0.05, 0.1) is 0 Å². The van der Waals surface area contributed by atoms with Gasteiger partial charge in [0.2, 0.25) is 0 Å². The maximum Gasteiger partial charge on any atom is 0.0485 e. The van der Waals surface area contributed by atoms with Gasteiger partial charge in [-0.3, -0.25) is 9.88 Å². The maximum absolute atomic E-state index is 6.03. The van der Waals surface area contributed by atoms with Crippen LogP contribution in [0.25, 0.3) is 0 Å². The zero-order chi connectivity index (χ0) is 13.8. The van der Waals surface area contributed by atoms with Crippen molar-refractivity contribution in [2.24, 2.45) is 11.7 Å². The van der Waals surface area contributed by atoms with Crippen LogP contribution in [-0.2, 0) is 0 Å². The van der Waals surface area contributed by atoms with Crippen LogP contribution in [-0.4, -0.2) is 29.5 Å². The van der Waals surface area contributed by atoms with Crippen LogP contribution in [0.5, 0.6) is 0 Å². The van der Waals surface area contributed by atoms with Crippen LogP contribution in [0, 0.1) is 12.8 Å². The van der Waals surface area contributed by atoms with Gasteiger partial charge in [0.1, 0.15) is 0 Å². The molecule has 1 fully saturated rings. The summed E-state index contributed by atoms with van der Waals surface area (Å²) >= 11 is 0. The summed E-state index contributed by atoms with van der Waals surface area (Å²) in [5.74, 6) is 0.770. The van der Waals surface area contributed by atoms with Crippen molar-refractivity contribution in [3.8, 4) is 0 Å². The molecule has 3 heteroatoms. The Hall–Kier alpha value is -0.930. The van der Waals surface area contributed by atoms with Gasteiger partial charge in [0, 0.05) is 30.5 Å². The van der Waals surface area contributed by atoms with Gasteiger partial charge < -0.3 is 5.73 Å². The van der Waals surface area contributed by atoms with Crippen molar-refractivity contribution >= 4 is 0 Å². The molecule has 0 bridgehead atoms. The van der Waals surface area contributed by atoms with E-state index in [-0.39, 0.29) is 0 Å². The monoisotopic (exact) mass is 261 g/mol. The first-order valence-electron chi connectivity index (χ1n) is 7.48. The topological polar surface area (TPSA) is 42.1 Å². The van der Waals surface area contributed by atoms with Crippen LogP contribution in [0.1, 0.15) is 49.9 Å². The second-order valence-electron chi connectivity index (χ2n) is 5.98. The number of hydrogen-bond donors (Lipinski definition) is 1. The SMILES string of the molecule is Cc1ccc(C(CN)N(C)C2CCCCC2C)cn1. The van der Waals surface area contributed by atoms with Crippen molar-refractivity contribution in [2.45, 2.75) is 51.6 Å². The van der Waals surface area contributed by atoms with Crippen molar-refractivity contribution < 1.29 is 0 Å². The first kappa shape index (κ1) is 14.5. The quantitative estimate of drug-likeness (QED) is 0.906. The summed E-state index contributed by atoms with van der Waals surface area (Å²) in [7, 11) is 2.23. The number of aromatic nitrogens is 1. The van der Waals surface area contributed by atoms with Crippen molar-refractivity contribution in [1.29, 1.82) is 0 Å². The van der Waals surface area contributed by atoms with Gasteiger partial charge in [-0.2, -0.15) is 0 Å². The molecule has 0 spiro atoms. The highest BCUT2D eigenvalue weighted by Gasteiger charge is 2.29. The van der Waals surface area contributed by atoms with E-state index in [9.17, 15) is 0 Å². The number of nitrogens with two attached hydrogens (primary N) is 1. The van der Waals surface area contributed by atoms with E-state index in [1.165, 1.54) is 31.2 Å². The second kappa shape index (κ2) is 6.49. The zero-order valence-corrected chi connectivity index (χ0v) is 12.5. The molecule has 1 aromatic heterocycles. The van der Waals surface area contributed by atoms with E-state index in [0.29, 0.717) is 18.6 Å². The van der Waals surface area contributed by atoms with E-state index in [4.69, 9.17) is 5.73 Å². The molecular formula is C16H27N3. The van der Waals surface area contributed by atoms with Crippen molar-refractivity contribution in [3.05, 3.63) is 29.6 Å². The Kier molecular flexibility index (Phi) is 4.94. The van der Waals surface area contributed by atoms with Crippen molar-refractivity contribution in [1.82, 2.24) is 9.88 Å². The van der Waals surface area contributed by atoms with Gasteiger partial charge in [-0.25, -0.2) is 0 Å². The smallest absolute Gasteiger partial charge is 0.0485 e. The molecule has 1 heterocycles. The van der Waals surface area contributed by atoms with Gasteiger partial charge in [-0.05, 0) is 44.4 Å². The number of nitrogens with zero attached hydrogens (tertiary/aromatic N) is 2. The molecule has 3 unspecified atom stereocenters. The fourth-order valence-corrected chi connectivity index (χ4v) is 3.35. The van der Waals surface area contributed by atoms with E-state index in [2.05, 4.69) is 36.0 Å². The highest BCUT2D eigenvalue weighted by atomic mass is 15.2. The lowest BCUT2D eigenvalue weighted by molar-refractivity contribution is 0.0990. The largest absolute Gasteiger partial charge is 0.329 e. The Morgan fingerprint density at radius 2 is 2.11 bits per heavy atom. The van der Waals surface area contributed by atoms with Crippen LogP contribution < -0.4 is 5.73 Å².